The van der Waals surface area contributed by atoms with Crippen molar-refractivity contribution < 1.29 is 13.2 Å². The number of fused-ring (bicyclic) bond motifs is 1. The molecule has 2 aliphatic heterocycles. The highest BCUT2D eigenvalue weighted by Crippen LogP contribution is 2.33. The van der Waals surface area contributed by atoms with Gasteiger partial charge in [-0.15, -0.1) is 0 Å². The maximum Gasteiger partial charge on any atom is 0.281 e. The van der Waals surface area contributed by atoms with Gasteiger partial charge in [0, 0.05) is 52.9 Å². The number of hydrogen-bond acceptors (Lipinski definition) is 9. The molecule has 0 amide bonds. The molecule has 2 N–H and O–H groups in total. The number of ether oxygens (including phenoxy) is 1. The number of rotatable bonds is 9. The van der Waals surface area contributed by atoms with Crippen LogP contribution >= 0.6 is 0 Å². The van der Waals surface area contributed by atoms with Gasteiger partial charge < -0.3 is 15.0 Å². The fraction of sp³-hybridized carbons (Fsp3) is 0.593. The lowest BCUT2D eigenvalue weighted by molar-refractivity contribution is 0.196. The average molecular weight is 573 g/mol. The molecular weight excluding hydrogens is 532 g/mol. The first-order valence-corrected chi connectivity index (χ1v) is 15.7. The van der Waals surface area contributed by atoms with Gasteiger partial charge in [-0.05, 0) is 37.6 Å². The molecule has 0 saturated carbocycles. The van der Waals surface area contributed by atoms with E-state index >= 15 is 0 Å². The molecule has 218 valence electrons. The first-order chi connectivity index (χ1) is 19.3. The zero-order chi connectivity index (χ0) is 28.4. The molecule has 0 radical (unpaired) electrons. The van der Waals surface area contributed by atoms with Gasteiger partial charge in [-0.3, -0.25) is 14.7 Å². The number of aromatic nitrogens is 4. The van der Waals surface area contributed by atoms with Crippen LogP contribution in [0, 0.1) is 0 Å². The summed E-state index contributed by atoms with van der Waals surface area (Å²) in [4.78, 5) is 21.0. The van der Waals surface area contributed by atoms with Crippen LogP contribution in [-0.2, 0) is 23.5 Å². The number of sulfonamides is 1. The summed E-state index contributed by atoms with van der Waals surface area (Å²) in [5, 5.41) is 11.5. The van der Waals surface area contributed by atoms with Gasteiger partial charge in [0.25, 0.3) is 5.56 Å². The monoisotopic (exact) mass is 572 g/mol. The van der Waals surface area contributed by atoms with E-state index in [4.69, 9.17) is 9.72 Å². The van der Waals surface area contributed by atoms with E-state index < -0.39 is 10.0 Å². The van der Waals surface area contributed by atoms with E-state index in [0.29, 0.717) is 73.9 Å². The van der Waals surface area contributed by atoms with Crippen LogP contribution in [0.2, 0.25) is 0 Å². The van der Waals surface area contributed by atoms with Crippen molar-refractivity contribution >= 4 is 21.1 Å². The normalized spacial score (nSPS) is 19.4. The first kappa shape index (κ1) is 28.7. The number of nitrogens with one attached hydrogen (secondary N) is 2. The third-order valence-electron chi connectivity index (χ3n) is 7.74. The molecule has 0 aliphatic carbocycles. The van der Waals surface area contributed by atoms with Crippen LogP contribution in [0.5, 0.6) is 5.75 Å². The topological polar surface area (TPSA) is 127 Å². The van der Waals surface area contributed by atoms with Gasteiger partial charge in [-0.1, -0.05) is 20.8 Å². The molecule has 3 aromatic rings. The van der Waals surface area contributed by atoms with Crippen molar-refractivity contribution in [3.05, 3.63) is 34.2 Å². The molecule has 2 aromatic heterocycles. The Kier molecular flexibility index (Phi) is 8.57. The number of aryl methyl sites for hydroxylation is 1. The lowest BCUT2D eigenvalue weighted by Crippen LogP contribution is -2.48. The first-order valence-electron chi connectivity index (χ1n) is 14.2. The van der Waals surface area contributed by atoms with E-state index in [1.165, 1.54) is 8.87 Å². The van der Waals surface area contributed by atoms with Gasteiger partial charge in [0.05, 0.1) is 22.8 Å². The molecule has 2 fully saturated rings. The Morgan fingerprint density at radius 1 is 1.07 bits per heavy atom. The minimum atomic E-state index is -3.75. The fourth-order valence-electron chi connectivity index (χ4n) is 5.41. The molecule has 0 bridgehead atoms. The van der Waals surface area contributed by atoms with Crippen molar-refractivity contribution in [1.29, 1.82) is 0 Å². The molecule has 5 rings (SSSR count). The third kappa shape index (κ3) is 5.28. The Hall–Kier alpha value is -2.84. The second-order valence-corrected chi connectivity index (χ2v) is 12.2. The average Bonchev–Trinajstić information content (AvgIpc) is 3.37. The number of likely N-dealkylation sites (N-methyl/N-ethyl adjacent to an activating group) is 1. The van der Waals surface area contributed by atoms with Gasteiger partial charge >= 0.3 is 0 Å². The van der Waals surface area contributed by atoms with E-state index in [1.54, 1.807) is 25.2 Å². The van der Waals surface area contributed by atoms with Gasteiger partial charge in [0.2, 0.25) is 10.0 Å². The molecule has 13 heteroatoms. The van der Waals surface area contributed by atoms with Crippen LogP contribution in [0.4, 0.5) is 0 Å². The van der Waals surface area contributed by atoms with Gasteiger partial charge in [-0.2, -0.15) is 9.40 Å². The summed E-state index contributed by atoms with van der Waals surface area (Å²) in [5.41, 5.74) is 1.85. The smallest absolute Gasteiger partial charge is 0.281 e. The van der Waals surface area contributed by atoms with E-state index in [0.717, 1.165) is 31.7 Å². The highest BCUT2D eigenvalue weighted by Gasteiger charge is 2.30. The number of benzene rings is 1. The van der Waals surface area contributed by atoms with Crippen LogP contribution in [0.1, 0.15) is 39.1 Å². The zero-order valence-corrected chi connectivity index (χ0v) is 24.6. The quantitative estimate of drug-likeness (QED) is 0.389. The maximum atomic E-state index is 13.7. The SMILES string of the molecule is CCCOc1ccc(S(=O)(=O)N2CCN(CC)CC2)cc1-c1nc2c(CC)n(C3CNCCN3)nc2c(=O)n1C. The summed E-state index contributed by atoms with van der Waals surface area (Å²) >= 11 is 0. The lowest BCUT2D eigenvalue weighted by Gasteiger charge is -2.33. The second kappa shape index (κ2) is 12.0. The third-order valence-corrected chi connectivity index (χ3v) is 9.64. The lowest BCUT2D eigenvalue weighted by atomic mass is 10.1. The van der Waals surface area contributed by atoms with Crippen LogP contribution < -0.4 is 20.9 Å². The van der Waals surface area contributed by atoms with Gasteiger partial charge in [0.15, 0.2) is 5.52 Å². The molecule has 2 saturated heterocycles. The van der Waals surface area contributed by atoms with Gasteiger partial charge in [0.1, 0.15) is 23.3 Å². The molecular formula is C27H40N8O4S. The largest absolute Gasteiger partial charge is 0.493 e. The minimum absolute atomic E-state index is 0.0869. The summed E-state index contributed by atoms with van der Waals surface area (Å²) in [6.45, 7) is 12.1. The predicted molar refractivity (Wildman–Crippen MR) is 154 cm³/mol. The minimum Gasteiger partial charge on any atom is -0.493 e. The van der Waals surface area contributed by atoms with E-state index in [1.807, 2.05) is 18.5 Å². The maximum absolute atomic E-state index is 13.7. The Labute approximate surface area is 235 Å². The van der Waals surface area contributed by atoms with E-state index in [9.17, 15) is 13.2 Å². The summed E-state index contributed by atoms with van der Waals surface area (Å²) < 4.78 is 38.2. The van der Waals surface area contributed by atoms with Crippen LogP contribution in [0.25, 0.3) is 22.4 Å². The molecule has 1 aromatic carbocycles. The van der Waals surface area contributed by atoms with Crippen molar-refractivity contribution in [3.8, 4) is 17.1 Å². The highest BCUT2D eigenvalue weighted by molar-refractivity contribution is 7.89. The van der Waals surface area contributed by atoms with Gasteiger partial charge in [-0.25, -0.2) is 18.1 Å². The number of hydrogen-bond donors (Lipinski definition) is 2. The van der Waals surface area contributed by atoms with Crippen molar-refractivity contribution in [2.24, 2.45) is 7.05 Å². The Morgan fingerprint density at radius 3 is 2.50 bits per heavy atom. The van der Waals surface area contributed by atoms with Crippen LogP contribution in [0.3, 0.4) is 0 Å². The standard InChI is InChI=1S/C27H40N8O4S/c1-5-16-39-22-9-8-19(40(37,38)34-14-12-33(7-3)13-15-34)17-20(22)26-30-24-21(6-2)35(23-18-28-10-11-29-23)31-25(24)27(36)32(26)4/h8-9,17,23,28-29H,5-7,10-16,18H2,1-4H3. The Bertz CT molecular complexity index is 1520. The Balaban J connectivity index is 1.63. The van der Waals surface area contributed by atoms with E-state index in [-0.39, 0.29) is 16.6 Å². The summed E-state index contributed by atoms with van der Waals surface area (Å²) in [6, 6.07) is 4.87. The Morgan fingerprint density at radius 2 is 1.85 bits per heavy atom. The van der Waals surface area contributed by atoms with E-state index in [2.05, 4.69) is 27.6 Å². The summed E-state index contributed by atoms with van der Waals surface area (Å²) in [6.07, 6.45) is 1.32. The highest BCUT2D eigenvalue weighted by atomic mass is 32.2. The molecule has 4 heterocycles. The predicted octanol–water partition coefficient (Wildman–Crippen LogP) is 1.17. The summed E-state index contributed by atoms with van der Waals surface area (Å²) in [7, 11) is -2.10. The molecule has 1 unspecified atom stereocenters. The second-order valence-electron chi connectivity index (χ2n) is 10.3. The number of nitrogens with zero attached hydrogens (tertiary/aromatic N) is 6. The molecule has 1 atom stereocenters. The molecule has 2 aliphatic rings. The summed E-state index contributed by atoms with van der Waals surface area (Å²) in [5.74, 6) is 0.836. The van der Waals surface area contributed by atoms with Crippen LogP contribution in [-0.4, -0.2) is 95.9 Å². The van der Waals surface area contributed by atoms with Crippen LogP contribution in [0.15, 0.2) is 27.9 Å². The van der Waals surface area contributed by atoms with Crippen molar-refractivity contribution in [2.75, 3.05) is 59.0 Å². The molecule has 40 heavy (non-hydrogen) atoms. The van der Waals surface area contributed by atoms with Crippen molar-refractivity contribution in [3.63, 3.8) is 0 Å². The number of piperazine rings is 2. The zero-order valence-electron chi connectivity index (χ0n) is 23.8. The molecule has 0 spiro atoms. The molecule has 12 nitrogen and oxygen atoms in total. The van der Waals surface area contributed by atoms with Crippen molar-refractivity contribution in [1.82, 2.24) is 39.2 Å². The fourth-order valence-corrected chi connectivity index (χ4v) is 6.86. The van der Waals surface area contributed by atoms with Crippen molar-refractivity contribution in [2.45, 2.75) is 44.7 Å².